The normalized spacial score (nSPS) is 27.2. The molecule has 3 nitrogen and oxygen atoms in total. The Hall–Kier alpha value is -2.09. The molecule has 0 spiro atoms. The van der Waals surface area contributed by atoms with E-state index in [-0.39, 0.29) is 0 Å². The Balaban J connectivity index is 2.73. The van der Waals surface area contributed by atoms with E-state index in [2.05, 4.69) is 0 Å². The van der Waals surface area contributed by atoms with Crippen molar-refractivity contribution < 1.29 is 32.2 Å². The van der Waals surface area contributed by atoms with Crippen molar-refractivity contribution in [3.63, 3.8) is 0 Å². The van der Waals surface area contributed by atoms with E-state index in [4.69, 9.17) is 15.9 Å². The summed E-state index contributed by atoms with van der Waals surface area (Å²) in [6.45, 7) is 0. The second-order valence-corrected chi connectivity index (χ2v) is 4.18. The number of hydrogen-bond donors (Lipinski definition) is 3. The Morgan fingerprint density at radius 2 is 1.75 bits per heavy atom. The van der Waals surface area contributed by atoms with Gasteiger partial charge in [-0.1, -0.05) is 0 Å². The molecule has 2 rings (SSSR count). The predicted molar refractivity (Wildman–Crippen MR) is 59.8 cm³/mol. The molecular formula is C12H8F5NO2. The Bertz CT molecular complexity index is 639. The highest BCUT2D eigenvalue weighted by molar-refractivity contribution is 5.82. The van der Waals surface area contributed by atoms with Crippen LogP contribution in [-0.2, 0) is 0 Å². The fourth-order valence-electron chi connectivity index (χ4n) is 1.78. The molecule has 1 aromatic rings. The molecule has 0 fully saturated rings. The topological polar surface area (TPSA) is 66.5 Å². The molecule has 1 aliphatic rings. The largest absolute Gasteiger partial charge is 0.508 e. The van der Waals surface area contributed by atoms with Gasteiger partial charge in [0, 0.05) is 11.6 Å². The van der Waals surface area contributed by atoms with Gasteiger partial charge in [0.15, 0.2) is 17.4 Å². The van der Waals surface area contributed by atoms with Gasteiger partial charge in [0.2, 0.25) is 12.0 Å². The van der Waals surface area contributed by atoms with Crippen LogP contribution >= 0.6 is 0 Å². The molecule has 2 unspecified atom stereocenters. The summed E-state index contributed by atoms with van der Waals surface area (Å²) in [6, 6.07) is 2.12. The van der Waals surface area contributed by atoms with E-state index < -0.39 is 52.1 Å². The van der Waals surface area contributed by atoms with Crippen molar-refractivity contribution >= 4 is 5.57 Å². The first kappa shape index (κ1) is 14.3. The molecular weight excluding hydrogens is 285 g/mol. The third-order valence-corrected chi connectivity index (χ3v) is 2.83. The van der Waals surface area contributed by atoms with Crippen LogP contribution in [0.15, 0.2) is 35.6 Å². The van der Waals surface area contributed by atoms with Crippen LogP contribution in [0.25, 0.3) is 5.57 Å². The monoisotopic (exact) mass is 293 g/mol. The van der Waals surface area contributed by atoms with Crippen LogP contribution in [0.2, 0.25) is 0 Å². The maximum atomic E-state index is 13.8. The van der Waals surface area contributed by atoms with Crippen LogP contribution in [0.4, 0.5) is 22.0 Å². The van der Waals surface area contributed by atoms with Crippen molar-refractivity contribution in [2.24, 2.45) is 5.73 Å². The van der Waals surface area contributed by atoms with Crippen molar-refractivity contribution in [2.45, 2.75) is 12.0 Å². The summed E-state index contributed by atoms with van der Waals surface area (Å²) in [5, 5.41) is 18.1. The summed E-state index contributed by atoms with van der Waals surface area (Å²) in [4.78, 5) is 0. The van der Waals surface area contributed by atoms with Crippen LogP contribution < -0.4 is 5.73 Å². The lowest BCUT2D eigenvalue weighted by atomic mass is 9.90. The number of halogens is 5. The number of hydrogen-bond acceptors (Lipinski definition) is 3. The second kappa shape index (κ2) is 4.48. The van der Waals surface area contributed by atoms with Gasteiger partial charge in [0.05, 0.1) is 5.57 Å². The van der Waals surface area contributed by atoms with Gasteiger partial charge in [0.1, 0.15) is 11.6 Å². The Kier molecular flexibility index (Phi) is 3.21. The van der Waals surface area contributed by atoms with Crippen molar-refractivity contribution in [3.05, 3.63) is 47.0 Å². The number of rotatable bonds is 1. The molecule has 8 heteroatoms. The molecule has 0 aromatic heterocycles. The van der Waals surface area contributed by atoms with Gasteiger partial charge in [-0.25, -0.2) is 22.0 Å². The Morgan fingerprint density at radius 3 is 2.30 bits per heavy atom. The molecule has 1 aromatic carbocycles. The average Bonchev–Trinajstić information content (AvgIpc) is 2.37. The van der Waals surface area contributed by atoms with Crippen LogP contribution in [0.3, 0.4) is 0 Å². The number of allylic oxidation sites excluding steroid dienone is 2. The number of benzene rings is 1. The van der Waals surface area contributed by atoms with Crippen molar-refractivity contribution in [1.82, 2.24) is 0 Å². The number of aromatic hydroxyl groups is 1. The zero-order chi connectivity index (χ0) is 15.2. The molecule has 20 heavy (non-hydrogen) atoms. The van der Waals surface area contributed by atoms with Gasteiger partial charge in [-0.2, -0.15) is 0 Å². The Labute approximate surface area is 109 Å². The molecule has 0 aliphatic heterocycles. The lowest BCUT2D eigenvalue weighted by molar-refractivity contribution is 0.0566. The predicted octanol–water partition coefficient (Wildman–Crippen LogP) is 2.93. The van der Waals surface area contributed by atoms with Crippen molar-refractivity contribution in [3.8, 4) is 5.75 Å². The highest BCUT2D eigenvalue weighted by Gasteiger charge is 2.51. The van der Waals surface area contributed by atoms with E-state index in [1.165, 1.54) is 0 Å². The van der Waals surface area contributed by atoms with E-state index in [1.807, 2.05) is 0 Å². The van der Waals surface area contributed by atoms with Gasteiger partial charge < -0.3 is 10.2 Å². The zero-order valence-corrected chi connectivity index (χ0v) is 9.67. The summed E-state index contributed by atoms with van der Waals surface area (Å²) in [5.74, 6) is -11.4. The van der Waals surface area contributed by atoms with Gasteiger partial charge >= 0.3 is 0 Å². The lowest BCUT2D eigenvalue weighted by Gasteiger charge is -2.28. The number of aliphatic hydroxyl groups excluding tert-OH is 1. The number of phenolic OH excluding ortho intramolecular Hbond substituents is 1. The maximum absolute atomic E-state index is 13.8. The zero-order valence-electron chi connectivity index (χ0n) is 9.67. The first-order valence-corrected chi connectivity index (χ1v) is 5.28. The van der Waals surface area contributed by atoms with E-state index in [0.717, 1.165) is 12.1 Å². The average molecular weight is 293 g/mol. The maximum Gasteiger partial charge on any atom is 0.250 e. The molecule has 0 radical (unpaired) electrons. The van der Waals surface area contributed by atoms with Gasteiger partial charge in [0.25, 0.3) is 0 Å². The van der Waals surface area contributed by atoms with Crippen LogP contribution in [0.1, 0.15) is 5.56 Å². The third-order valence-electron chi connectivity index (χ3n) is 2.83. The van der Waals surface area contributed by atoms with Crippen LogP contribution in [0.5, 0.6) is 5.75 Å². The molecule has 108 valence electrons. The third kappa shape index (κ3) is 1.92. The first-order chi connectivity index (χ1) is 9.17. The first-order valence-electron chi connectivity index (χ1n) is 5.28. The highest BCUT2D eigenvalue weighted by atomic mass is 19.2. The fraction of sp³-hybridized carbons (Fsp3) is 0.167. The van der Waals surface area contributed by atoms with Gasteiger partial charge in [-0.05, 0) is 12.1 Å². The second-order valence-electron chi connectivity index (χ2n) is 4.18. The van der Waals surface area contributed by atoms with Crippen molar-refractivity contribution in [1.29, 1.82) is 0 Å². The van der Waals surface area contributed by atoms with Crippen LogP contribution in [-0.4, -0.2) is 22.2 Å². The van der Waals surface area contributed by atoms with Gasteiger partial charge in [-0.3, -0.25) is 5.73 Å². The molecule has 0 saturated heterocycles. The van der Waals surface area contributed by atoms with E-state index >= 15 is 0 Å². The van der Waals surface area contributed by atoms with Crippen molar-refractivity contribution in [2.75, 3.05) is 0 Å². The molecule has 0 saturated carbocycles. The summed E-state index contributed by atoms with van der Waals surface area (Å²) >= 11 is 0. The number of alkyl halides is 2. The molecule has 0 bridgehead atoms. The van der Waals surface area contributed by atoms with E-state index in [0.29, 0.717) is 6.07 Å². The van der Waals surface area contributed by atoms with Gasteiger partial charge in [-0.15, -0.1) is 0 Å². The van der Waals surface area contributed by atoms with Crippen LogP contribution in [0, 0.1) is 5.82 Å². The highest BCUT2D eigenvalue weighted by Crippen LogP contribution is 2.44. The molecule has 4 N–H and O–H groups in total. The lowest BCUT2D eigenvalue weighted by Crippen LogP contribution is -2.48. The summed E-state index contributed by atoms with van der Waals surface area (Å²) in [5.41, 5.74) is 2.57. The summed E-state index contributed by atoms with van der Waals surface area (Å²) in [7, 11) is 0. The SMILES string of the molecule is NC1(F)C(F)=C(c2ccc(O)cc2F)C(F)=C(O)C1F. The number of phenols is 1. The number of aliphatic hydroxyl groups is 1. The minimum atomic E-state index is -3.82. The minimum absolute atomic E-state index is 0.512. The molecule has 1 aliphatic carbocycles. The molecule has 0 amide bonds. The van der Waals surface area contributed by atoms with E-state index in [1.54, 1.807) is 0 Å². The summed E-state index contributed by atoms with van der Waals surface area (Å²) in [6.07, 6.45) is -3.15. The quantitative estimate of drug-likeness (QED) is 0.551. The summed E-state index contributed by atoms with van der Waals surface area (Å²) < 4.78 is 68.0. The minimum Gasteiger partial charge on any atom is -0.508 e. The molecule has 2 atom stereocenters. The fourth-order valence-corrected chi connectivity index (χ4v) is 1.78. The molecule has 0 heterocycles. The number of nitrogens with two attached hydrogens (primary N) is 1. The Morgan fingerprint density at radius 1 is 1.15 bits per heavy atom. The van der Waals surface area contributed by atoms with E-state index in [9.17, 15) is 22.0 Å². The smallest absolute Gasteiger partial charge is 0.250 e. The standard InChI is InChI=1S/C12H8F5NO2/c13-6-3-4(19)1-2-5(6)7-8(14)9(20)11(16)12(17,18)10(7)15/h1-3,11,19-20H,18H2.